The third kappa shape index (κ3) is 6.47. The van der Waals surface area contributed by atoms with Gasteiger partial charge in [-0.05, 0) is 80.8 Å². The Bertz CT molecular complexity index is 1080. The molecule has 0 heterocycles. The molecule has 0 saturated carbocycles. The molecular formula is C30H41NP2. The van der Waals surface area contributed by atoms with E-state index in [0.717, 1.165) is 6.42 Å². The Hall–Kier alpha value is -1.68. The van der Waals surface area contributed by atoms with Gasteiger partial charge in [-0.1, -0.05) is 105 Å². The summed E-state index contributed by atoms with van der Waals surface area (Å²) in [4.78, 5) is 0. The zero-order valence-corrected chi connectivity index (χ0v) is 23.9. The number of hydrogen-bond donors (Lipinski definition) is 0. The molecule has 0 aliphatic carbocycles. The van der Waals surface area contributed by atoms with Crippen molar-refractivity contribution in [3.05, 3.63) is 99.1 Å². The van der Waals surface area contributed by atoms with Crippen LogP contribution in [0.3, 0.4) is 0 Å². The molecule has 1 nitrogen and oxygen atoms in total. The molecule has 0 spiro atoms. The number of benzene rings is 3. The predicted molar refractivity (Wildman–Crippen MR) is 153 cm³/mol. The third-order valence-electron chi connectivity index (χ3n) is 6.33. The van der Waals surface area contributed by atoms with Crippen LogP contribution in [0.1, 0.15) is 77.9 Å². The van der Waals surface area contributed by atoms with Crippen molar-refractivity contribution in [3.63, 3.8) is 0 Å². The predicted octanol–water partition coefficient (Wildman–Crippen LogP) is 9.48. The second-order valence-corrected chi connectivity index (χ2v) is 14.1. The van der Waals surface area contributed by atoms with Gasteiger partial charge in [0.1, 0.15) is 0 Å². The highest BCUT2D eigenvalue weighted by Gasteiger charge is 2.28. The lowest BCUT2D eigenvalue weighted by atomic mass is 9.98. The van der Waals surface area contributed by atoms with Crippen molar-refractivity contribution >= 4 is 23.2 Å². The van der Waals surface area contributed by atoms with Gasteiger partial charge in [-0.15, -0.1) is 0 Å². The molecule has 0 radical (unpaired) electrons. The molecule has 176 valence electrons. The van der Waals surface area contributed by atoms with Crippen LogP contribution in [0.15, 0.2) is 54.6 Å². The Morgan fingerprint density at radius 3 is 1.91 bits per heavy atom. The molecule has 0 bridgehead atoms. The third-order valence-corrected chi connectivity index (χ3v) is 9.55. The Labute approximate surface area is 206 Å². The summed E-state index contributed by atoms with van der Waals surface area (Å²) in [7, 11) is 1.37. The minimum absolute atomic E-state index is 0.0688. The molecule has 33 heavy (non-hydrogen) atoms. The average Bonchev–Trinajstić information content (AvgIpc) is 2.71. The first-order chi connectivity index (χ1) is 15.5. The Balaban J connectivity index is 2.04. The number of anilines is 1. The molecular weight excluding hydrogens is 436 g/mol. The first-order valence-corrected chi connectivity index (χ1v) is 14.1. The lowest BCUT2D eigenvalue weighted by molar-refractivity contribution is 0.770. The van der Waals surface area contributed by atoms with Crippen LogP contribution >= 0.6 is 17.5 Å². The maximum atomic E-state index is 2.73. The van der Waals surface area contributed by atoms with E-state index in [1.807, 2.05) is 0 Å². The molecule has 3 atom stereocenters. The second kappa shape index (κ2) is 10.7. The van der Waals surface area contributed by atoms with Gasteiger partial charge in [0.05, 0.1) is 0 Å². The summed E-state index contributed by atoms with van der Waals surface area (Å²) in [5.41, 5.74) is 13.1. The van der Waals surface area contributed by atoms with Crippen LogP contribution in [0.25, 0.3) is 0 Å². The summed E-state index contributed by atoms with van der Waals surface area (Å²) >= 11 is 0. The highest BCUT2D eigenvalue weighted by atomic mass is 31.1. The molecule has 3 unspecified atom stereocenters. The van der Waals surface area contributed by atoms with E-state index < -0.39 is 0 Å². The molecule has 3 aromatic carbocycles. The molecule has 0 aliphatic heterocycles. The molecule has 0 fully saturated rings. The largest absolute Gasteiger partial charge is 0.333 e. The smallest absolute Gasteiger partial charge is 0.0490 e. The van der Waals surface area contributed by atoms with Crippen LogP contribution in [0.2, 0.25) is 0 Å². The molecule has 0 aromatic heterocycles. The van der Waals surface area contributed by atoms with Crippen molar-refractivity contribution in [1.82, 2.24) is 0 Å². The summed E-state index contributed by atoms with van der Waals surface area (Å²) < 4.78 is 2.73. The Kier molecular flexibility index (Phi) is 8.42. The minimum atomic E-state index is 0.0688. The van der Waals surface area contributed by atoms with Crippen molar-refractivity contribution in [1.29, 1.82) is 0 Å². The highest BCUT2D eigenvalue weighted by molar-refractivity contribution is 7.60. The standard InChI is InChI=1S/C30H41NP2/c1-10-26-13-11-12-24(6)29(26)31(32-25(7)27-16-20(2)14-21(3)17-27)33-30(8,9)28-18-22(4)15-23(5)19-28/h11-19,25,32-33H,10H2,1-9H3. The van der Waals surface area contributed by atoms with Gasteiger partial charge in [0.15, 0.2) is 0 Å². The fourth-order valence-electron chi connectivity index (χ4n) is 4.69. The fourth-order valence-corrected chi connectivity index (χ4v) is 8.78. The van der Waals surface area contributed by atoms with Crippen molar-refractivity contribution in [2.75, 3.05) is 4.44 Å². The van der Waals surface area contributed by atoms with Crippen molar-refractivity contribution < 1.29 is 0 Å². The SMILES string of the molecule is CCc1cccc(C)c1N(PC(C)c1cc(C)cc(C)c1)PC(C)(C)c1cc(C)cc(C)c1. The first-order valence-electron chi connectivity index (χ1n) is 12.1. The van der Waals surface area contributed by atoms with Crippen molar-refractivity contribution in [2.45, 2.75) is 79.5 Å². The topological polar surface area (TPSA) is 3.24 Å². The second-order valence-electron chi connectivity index (χ2n) is 10.2. The summed E-state index contributed by atoms with van der Waals surface area (Å²) in [6, 6.07) is 20.9. The van der Waals surface area contributed by atoms with E-state index in [1.165, 1.54) is 50.2 Å². The van der Waals surface area contributed by atoms with E-state index in [4.69, 9.17) is 0 Å². The van der Waals surface area contributed by atoms with Gasteiger partial charge in [0, 0.05) is 16.5 Å². The Morgan fingerprint density at radius 1 is 0.818 bits per heavy atom. The molecule has 3 heteroatoms. The van der Waals surface area contributed by atoms with Gasteiger partial charge >= 0.3 is 0 Å². The van der Waals surface area contributed by atoms with E-state index in [-0.39, 0.29) is 5.16 Å². The van der Waals surface area contributed by atoms with Gasteiger partial charge in [-0.2, -0.15) is 0 Å². The monoisotopic (exact) mass is 477 g/mol. The quantitative estimate of drug-likeness (QED) is 0.292. The van der Waals surface area contributed by atoms with Gasteiger partial charge in [0.25, 0.3) is 0 Å². The molecule has 0 aliphatic rings. The summed E-state index contributed by atoms with van der Waals surface area (Å²) in [5.74, 6) is 0. The first kappa shape index (κ1) is 25.9. The van der Waals surface area contributed by atoms with Gasteiger partial charge in [-0.3, -0.25) is 0 Å². The molecule has 0 saturated heterocycles. The molecule has 3 rings (SSSR count). The molecule has 3 aromatic rings. The van der Waals surface area contributed by atoms with Crippen molar-refractivity contribution in [3.8, 4) is 0 Å². The minimum Gasteiger partial charge on any atom is -0.333 e. The number of rotatable bonds is 8. The summed E-state index contributed by atoms with van der Waals surface area (Å²) in [5, 5.41) is 0.0688. The van der Waals surface area contributed by atoms with E-state index in [2.05, 4.69) is 121 Å². The van der Waals surface area contributed by atoms with E-state index in [1.54, 1.807) is 0 Å². The number of hydrogen-bond acceptors (Lipinski definition) is 1. The lowest BCUT2D eigenvalue weighted by Crippen LogP contribution is -2.19. The van der Waals surface area contributed by atoms with E-state index in [0.29, 0.717) is 23.1 Å². The van der Waals surface area contributed by atoms with Gasteiger partial charge in [-0.25, -0.2) is 0 Å². The maximum Gasteiger partial charge on any atom is 0.0490 e. The highest BCUT2D eigenvalue weighted by Crippen LogP contribution is 2.56. The summed E-state index contributed by atoms with van der Waals surface area (Å²) in [6.45, 7) is 20.7. The summed E-state index contributed by atoms with van der Waals surface area (Å²) in [6.07, 6.45) is 1.06. The van der Waals surface area contributed by atoms with Gasteiger partial charge in [0.2, 0.25) is 0 Å². The van der Waals surface area contributed by atoms with Crippen LogP contribution in [-0.2, 0) is 11.6 Å². The van der Waals surface area contributed by atoms with Crippen LogP contribution in [0, 0.1) is 34.6 Å². The zero-order valence-electron chi connectivity index (χ0n) is 21.9. The van der Waals surface area contributed by atoms with E-state index in [9.17, 15) is 0 Å². The average molecular weight is 478 g/mol. The van der Waals surface area contributed by atoms with Crippen LogP contribution in [0.4, 0.5) is 5.69 Å². The normalized spacial score (nSPS) is 13.4. The zero-order chi connectivity index (χ0) is 24.3. The number of para-hydroxylation sites is 1. The van der Waals surface area contributed by atoms with Crippen LogP contribution in [-0.4, -0.2) is 0 Å². The lowest BCUT2D eigenvalue weighted by Gasteiger charge is -2.38. The molecule has 0 N–H and O–H groups in total. The van der Waals surface area contributed by atoms with Crippen molar-refractivity contribution in [2.24, 2.45) is 0 Å². The van der Waals surface area contributed by atoms with Crippen LogP contribution < -0.4 is 4.44 Å². The fraction of sp³-hybridized carbons (Fsp3) is 0.400. The maximum absolute atomic E-state index is 2.73. The van der Waals surface area contributed by atoms with Gasteiger partial charge < -0.3 is 4.44 Å². The Morgan fingerprint density at radius 2 is 1.36 bits per heavy atom. The van der Waals surface area contributed by atoms with Crippen LogP contribution in [0.5, 0.6) is 0 Å². The number of aryl methyl sites for hydroxylation is 6. The number of nitrogens with zero attached hydrogens (tertiary/aromatic N) is 1. The molecule has 0 amide bonds. The van der Waals surface area contributed by atoms with E-state index >= 15 is 0 Å².